The van der Waals surface area contributed by atoms with Crippen LogP contribution in [0.15, 0.2) is 72.8 Å². The Balaban J connectivity index is 1.27. The molecule has 3 aromatic carbocycles. The Labute approximate surface area is 212 Å². The standard InChI is InChI=1S/C29H32ClN3O2/c1-2-22-12-16-25(17-13-22)35-20-6-19-33-27-8-4-3-7-26(27)32-28(33)9-5-18-31-29(34)21-23-10-14-24(30)15-11-23/h3-4,7-8,10-17H,2,5-6,9,18-21H2,1H3,(H,31,34). The molecule has 0 fully saturated rings. The van der Waals surface area contributed by atoms with E-state index in [9.17, 15) is 4.79 Å². The molecule has 0 aliphatic carbocycles. The summed E-state index contributed by atoms with van der Waals surface area (Å²) in [5.41, 5.74) is 4.41. The van der Waals surface area contributed by atoms with Gasteiger partial charge in [0.1, 0.15) is 11.6 Å². The molecule has 1 amide bonds. The van der Waals surface area contributed by atoms with Crippen LogP contribution in [0, 0.1) is 0 Å². The average Bonchev–Trinajstić information content (AvgIpc) is 3.23. The van der Waals surface area contributed by atoms with Gasteiger partial charge in [0.05, 0.1) is 24.1 Å². The molecule has 1 N–H and O–H groups in total. The minimum absolute atomic E-state index is 0.0185. The molecule has 0 spiro atoms. The summed E-state index contributed by atoms with van der Waals surface area (Å²) in [6, 6.07) is 23.9. The van der Waals surface area contributed by atoms with Crippen molar-refractivity contribution in [2.75, 3.05) is 13.2 Å². The highest BCUT2D eigenvalue weighted by molar-refractivity contribution is 6.30. The molecule has 0 unspecified atom stereocenters. The van der Waals surface area contributed by atoms with Crippen LogP contribution in [0.3, 0.4) is 0 Å². The van der Waals surface area contributed by atoms with Crippen LogP contribution in [-0.4, -0.2) is 28.6 Å². The van der Waals surface area contributed by atoms with Crippen LogP contribution in [0.4, 0.5) is 0 Å². The van der Waals surface area contributed by atoms with Gasteiger partial charge in [-0.25, -0.2) is 4.98 Å². The van der Waals surface area contributed by atoms with Crippen LogP contribution in [0.25, 0.3) is 11.0 Å². The maximum absolute atomic E-state index is 12.3. The van der Waals surface area contributed by atoms with Gasteiger partial charge < -0.3 is 14.6 Å². The minimum atomic E-state index is 0.0185. The summed E-state index contributed by atoms with van der Waals surface area (Å²) in [5.74, 6) is 1.97. The number of carbonyl (C=O) groups excluding carboxylic acids is 1. The summed E-state index contributed by atoms with van der Waals surface area (Å²) in [7, 11) is 0. The largest absolute Gasteiger partial charge is 0.494 e. The lowest BCUT2D eigenvalue weighted by atomic mass is 10.1. The van der Waals surface area contributed by atoms with E-state index in [2.05, 4.69) is 41.1 Å². The van der Waals surface area contributed by atoms with Crippen LogP contribution in [-0.2, 0) is 30.6 Å². The van der Waals surface area contributed by atoms with E-state index in [0.29, 0.717) is 24.6 Å². The van der Waals surface area contributed by atoms with E-state index in [-0.39, 0.29) is 5.91 Å². The first-order valence-electron chi connectivity index (χ1n) is 12.3. The first kappa shape index (κ1) is 24.8. The Morgan fingerprint density at radius 2 is 1.71 bits per heavy atom. The monoisotopic (exact) mass is 489 g/mol. The average molecular weight is 490 g/mol. The van der Waals surface area contributed by atoms with Gasteiger partial charge >= 0.3 is 0 Å². The van der Waals surface area contributed by atoms with Gasteiger partial charge in [-0.2, -0.15) is 0 Å². The highest BCUT2D eigenvalue weighted by Gasteiger charge is 2.11. The van der Waals surface area contributed by atoms with Crippen LogP contribution in [0.5, 0.6) is 5.75 Å². The van der Waals surface area contributed by atoms with Crippen LogP contribution < -0.4 is 10.1 Å². The smallest absolute Gasteiger partial charge is 0.224 e. The van der Waals surface area contributed by atoms with Crippen molar-refractivity contribution in [3.63, 3.8) is 0 Å². The Morgan fingerprint density at radius 1 is 0.971 bits per heavy atom. The second kappa shape index (κ2) is 12.4. The van der Waals surface area contributed by atoms with Crippen molar-refractivity contribution in [3.8, 4) is 5.75 Å². The molecule has 0 aliphatic heterocycles. The normalized spacial score (nSPS) is 11.0. The van der Waals surface area contributed by atoms with E-state index in [4.69, 9.17) is 21.3 Å². The fourth-order valence-electron chi connectivity index (χ4n) is 4.12. The molecule has 1 aromatic heterocycles. The van der Waals surface area contributed by atoms with Gasteiger partial charge in [0.2, 0.25) is 5.91 Å². The van der Waals surface area contributed by atoms with Crippen molar-refractivity contribution in [1.82, 2.24) is 14.9 Å². The molecule has 0 saturated carbocycles. The van der Waals surface area contributed by atoms with Crippen molar-refractivity contribution in [2.24, 2.45) is 0 Å². The van der Waals surface area contributed by atoms with Crippen molar-refractivity contribution < 1.29 is 9.53 Å². The van der Waals surface area contributed by atoms with Crippen molar-refractivity contribution >= 4 is 28.5 Å². The fourth-order valence-corrected chi connectivity index (χ4v) is 4.25. The SMILES string of the molecule is CCc1ccc(OCCCn2c(CCCNC(=O)Cc3ccc(Cl)cc3)nc3ccccc32)cc1. The molecule has 4 rings (SSSR count). The quantitative estimate of drug-likeness (QED) is 0.248. The molecule has 5 nitrogen and oxygen atoms in total. The summed E-state index contributed by atoms with van der Waals surface area (Å²) in [6.45, 7) is 4.26. The first-order chi connectivity index (χ1) is 17.1. The second-order valence-electron chi connectivity index (χ2n) is 8.62. The Morgan fingerprint density at radius 3 is 2.49 bits per heavy atom. The van der Waals surface area contributed by atoms with E-state index < -0.39 is 0 Å². The number of nitrogens with zero attached hydrogens (tertiary/aromatic N) is 2. The van der Waals surface area contributed by atoms with Gasteiger partial charge in [0.15, 0.2) is 0 Å². The number of nitrogens with one attached hydrogen (secondary N) is 1. The number of halogens is 1. The van der Waals surface area contributed by atoms with Crippen LogP contribution in [0.1, 0.15) is 36.7 Å². The number of carbonyl (C=O) groups is 1. The highest BCUT2D eigenvalue weighted by atomic mass is 35.5. The zero-order valence-electron chi connectivity index (χ0n) is 20.2. The van der Waals surface area contributed by atoms with Gasteiger partial charge in [-0.3, -0.25) is 4.79 Å². The number of hydrogen-bond donors (Lipinski definition) is 1. The summed E-state index contributed by atoms with van der Waals surface area (Å²) in [4.78, 5) is 17.1. The molecule has 0 bridgehead atoms. The van der Waals surface area contributed by atoms with E-state index in [0.717, 1.165) is 60.4 Å². The lowest BCUT2D eigenvalue weighted by molar-refractivity contribution is -0.120. The van der Waals surface area contributed by atoms with Gasteiger partial charge in [-0.1, -0.05) is 54.9 Å². The van der Waals surface area contributed by atoms with Crippen LogP contribution >= 0.6 is 11.6 Å². The Kier molecular flexibility index (Phi) is 8.79. The molecule has 0 saturated heterocycles. The Hall–Kier alpha value is -3.31. The van der Waals surface area contributed by atoms with Gasteiger partial charge in [-0.15, -0.1) is 0 Å². The summed E-state index contributed by atoms with van der Waals surface area (Å²) in [5, 5.41) is 3.69. The molecular weight excluding hydrogens is 458 g/mol. The van der Waals surface area contributed by atoms with Crippen molar-refractivity contribution in [3.05, 3.63) is 94.8 Å². The molecular formula is C29H32ClN3O2. The number of imidazole rings is 1. The number of amides is 1. The molecule has 0 radical (unpaired) electrons. The number of benzene rings is 3. The van der Waals surface area contributed by atoms with E-state index in [1.54, 1.807) is 0 Å². The number of hydrogen-bond acceptors (Lipinski definition) is 3. The number of ether oxygens (including phenoxy) is 1. The third-order valence-corrected chi connectivity index (χ3v) is 6.29. The number of para-hydroxylation sites is 2. The molecule has 4 aromatic rings. The predicted molar refractivity (Wildman–Crippen MR) is 142 cm³/mol. The molecule has 1 heterocycles. The van der Waals surface area contributed by atoms with Crippen LogP contribution in [0.2, 0.25) is 5.02 Å². The molecule has 6 heteroatoms. The highest BCUT2D eigenvalue weighted by Crippen LogP contribution is 2.18. The van der Waals surface area contributed by atoms with E-state index in [1.165, 1.54) is 5.56 Å². The lowest BCUT2D eigenvalue weighted by Crippen LogP contribution is -2.26. The van der Waals surface area contributed by atoms with Gasteiger partial charge in [-0.05, 0) is 66.8 Å². The Bertz CT molecular complexity index is 1230. The summed E-state index contributed by atoms with van der Waals surface area (Å²) in [6.07, 6.45) is 3.91. The number of aryl methyl sites for hydroxylation is 3. The van der Waals surface area contributed by atoms with Crippen molar-refractivity contribution in [2.45, 2.75) is 45.6 Å². The predicted octanol–water partition coefficient (Wildman–Crippen LogP) is 6.01. The van der Waals surface area contributed by atoms with Gasteiger partial charge in [0, 0.05) is 24.5 Å². The number of aromatic nitrogens is 2. The topological polar surface area (TPSA) is 56.1 Å². The van der Waals surface area contributed by atoms with E-state index >= 15 is 0 Å². The summed E-state index contributed by atoms with van der Waals surface area (Å²) < 4.78 is 8.23. The second-order valence-corrected chi connectivity index (χ2v) is 9.06. The van der Waals surface area contributed by atoms with Crippen molar-refractivity contribution in [1.29, 1.82) is 0 Å². The maximum atomic E-state index is 12.3. The third kappa shape index (κ3) is 7.09. The fraction of sp³-hybridized carbons (Fsp3) is 0.310. The number of rotatable bonds is 12. The molecule has 182 valence electrons. The third-order valence-electron chi connectivity index (χ3n) is 6.04. The summed E-state index contributed by atoms with van der Waals surface area (Å²) >= 11 is 5.91. The molecule has 35 heavy (non-hydrogen) atoms. The maximum Gasteiger partial charge on any atom is 0.224 e. The molecule has 0 aliphatic rings. The zero-order chi connectivity index (χ0) is 24.5. The lowest BCUT2D eigenvalue weighted by Gasteiger charge is -2.11. The number of fused-ring (bicyclic) bond motifs is 1. The zero-order valence-corrected chi connectivity index (χ0v) is 20.9. The van der Waals surface area contributed by atoms with Gasteiger partial charge in [0.25, 0.3) is 0 Å². The molecule has 0 atom stereocenters. The minimum Gasteiger partial charge on any atom is -0.494 e. The van der Waals surface area contributed by atoms with E-state index in [1.807, 2.05) is 48.5 Å². The first-order valence-corrected chi connectivity index (χ1v) is 12.7.